The summed E-state index contributed by atoms with van der Waals surface area (Å²) >= 11 is 0. The Morgan fingerprint density at radius 3 is 1.95 bits per heavy atom. The highest BCUT2D eigenvalue weighted by molar-refractivity contribution is 7.91. The maximum atomic E-state index is 12.1. The van der Waals surface area contributed by atoms with Gasteiger partial charge >= 0.3 is 0 Å². The van der Waals surface area contributed by atoms with Gasteiger partial charge in [-0.15, -0.1) is 0 Å². The molecule has 2 amide bonds. The number of hydrogen-bond acceptors (Lipinski definition) is 4. The van der Waals surface area contributed by atoms with E-state index in [4.69, 9.17) is 0 Å². The van der Waals surface area contributed by atoms with E-state index < -0.39 is 9.84 Å². The van der Waals surface area contributed by atoms with Gasteiger partial charge in [-0.25, -0.2) is 8.42 Å². The minimum atomic E-state index is -2.96. The maximum absolute atomic E-state index is 12.1. The number of rotatable bonds is 3. The average molecular weight is 310 g/mol. The topological polar surface area (TPSA) is 92.3 Å². The number of nitrogens with one attached hydrogen (secondary N) is 2. The van der Waals surface area contributed by atoms with Crippen LogP contribution in [0, 0.1) is 5.92 Å². The summed E-state index contributed by atoms with van der Waals surface area (Å²) in [7, 11) is -2.96. The van der Waals surface area contributed by atoms with Gasteiger partial charge in [0.15, 0.2) is 0 Å². The normalized spacial score (nSPS) is 18.0. The second-order valence-electron chi connectivity index (χ2n) is 5.17. The van der Waals surface area contributed by atoms with Gasteiger partial charge in [0.05, 0.1) is 11.5 Å². The number of carbonyl (C=O) groups is 2. The zero-order valence-corrected chi connectivity index (χ0v) is 12.6. The lowest BCUT2D eigenvalue weighted by Crippen LogP contribution is -2.31. The number of sulfone groups is 1. The predicted molar refractivity (Wildman–Crippen MR) is 80.8 cm³/mol. The van der Waals surface area contributed by atoms with Crippen LogP contribution in [0.4, 0.5) is 11.4 Å². The Bertz CT molecular complexity index is 623. The Hall–Kier alpha value is -1.89. The van der Waals surface area contributed by atoms with Crippen LogP contribution in [0.1, 0.15) is 19.8 Å². The van der Waals surface area contributed by atoms with Gasteiger partial charge in [0.1, 0.15) is 9.84 Å². The quantitative estimate of drug-likeness (QED) is 0.883. The Morgan fingerprint density at radius 2 is 1.48 bits per heavy atom. The first-order valence-electron chi connectivity index (χ1n) is 6.75. The fourth-order valence-electron chi connectivity index (χ4n) is 2.24. The molecule has 0 radical (unpaired) electrons. The van der Waals surface area contributed by atoms with Crippen molar-refractivity contribution in [1.29, 1.82) is 0 Å². The van der Waals surface area contributed by atoms with Crippen LogP contribution in [-0.4, -0.2) is 31.7 Å². The molecule has 7 heteroatoms. The number of anilines is 2. The summed E-state index contributed by atoms with van der Waals surface area (Å²) in [5.74, 6) is -0.421. The lowest BCUT2D eigenvalue weighted by atomic mass is 10.0. The Labute approximate surface area is 123 Å². The molecule has 0 atom stereocenters. The van der Waals surface area contributed by atoms with Gasteiger partial charge in [0, 0.05) is 24.2 Å². The van der Waals surface area contributed by atoms with E-state index in [9.17, 15) is 18.0 Å². The molecule has 1 saturated heterocycles. The van der Waals surface area contributed by atoms with Gasteiger partial charge in [0.2, 0.25) is 11.8 Å². The van der Waals surface area contributed by atoms with Crippen LogP contribution >= 0.6 is 0 Å². The summed E-state index contributed by atoms with van der Waals surface area (Å²) in [4.78, 5) is 23.0. The van der Waals surface area contributed by atoms with Gasteiger partial charge in [0.25, 0.3) is 0 Å². The lowest BCUT2D eigenvalue weighted by molar-refractivity contribution is -0.120. The van der Waals surface area contributed by atoms with E-state index in [1.54, 1.807) is 24.3 Å². The van der Waals surface area contributed by atoms with E-state index in [0.29, 0.717) is 24.2 Å². The Kier molecular flexibility index (Phi) is 4.62. The predicted octanol–water partition coefficient (Wildman–Crippen LogP) is 1.41. The van der Waals surface area contributed by atoms with Crippen molar-refractivity contribution in [1.82, 2.24) is 0 Å². The van der Waals surface area contributed by atoms with Crippen molar-refractivity contribution in [2.24, 2.45) is 5.92 Å². The molecule has 1 aromatic carbocycles. The first-order chi connectivity index (χ1) is 9.85. The van der Waals surface area contributed by atoms with E-state index in [-0.39, 0.29) is 29.2 Å². The van der Waals surface area contributed by atoms with Crippen molar-refractivity contribution in [2.75, 3.05) is 22.1 Å². The van der Waals surface area contributed by atoms with Gasteiger partial charge in [-0.05, 0) is 37.1 Å². The highest BCUT2D eigenvalue weighted by Crippen LogP contribution is 2.21. The van der Waals surface area contributed by atoms with Crippen LogP contribution in [0.5, 0.6) is 0 Å². The maximum Gasteiger partial charge on any atom is 0.227 e. The molecule has 6 nitrogen and oxygen atoms in total. The Balaban J connectivity index is 1.92. The van der Waals surface area contributed by atoms with Crippen LogP contribution in [0.25, 0.3) is 0 Å². The first kappa shape index (κ1) is 15.5. The molecule has 2 N–H and O–H groups in total. The molecule has 0 aliphatic carbocycles. The van der Waals surface area contributed by atoms with Crippen molar-refractivity contribution < 1.29 is 18.0 Å². The largest absolute Gasteiger partial charge is 0.326 e. The smallest absolute Gasteiger partial charge is 0.227 e. The van der Waals surface area contributed by atoms with Gasteiger partial charge in [-0.2, -0.15) is 0 Å². The second-order valence-corrected chi connectivity index (χ2v) is 7.48. The van der Waals surface area contributed by atoms with Crippen molar-refractivity contribution in [3.05, 3.63) is 24.3 Å². The molecule has 1 aliphatic rings. The summed E-state index contributed by atoms with van der Waals surface area (Å²) in [5, 5.41) is 5.41. The summed E-state index contributed by atoms with van der Waals surface area (Å²) < 4.78 is 22.7. The second kappa shape index (κ2) is 6.26. The molecule has 1 fully saturated rings. The molecule has 21 heavy (non-hydrogen) atoms. The zero-order chi connectivity index (χ0) is 15.5. The third-order valence-electron chi connectivity index (χ3n) is 3.40. The minimum Gasteiger partial charge on any atom is -0.326 e. The molecule has 114 valence electrons. The van der Waals surface area contributed by atoms with E-state index in [1.165, 1.54) is 6.92 Å². The summed E-state index contributed by atoms with van der Waals surface area (Å²) in [5.41, 5.74) is 1.28. The SMILES string of the molecule is CC(=O)Nc1ccc(NC(=O)C2CCS(=O)(=O)CC2)cc1. The van der Waals surface area contributed by atoms with Crippen LogP contribution in [0.2, 0.25) is 0 Å². The monoisotopic (exact) mass is 310 g/mol. The van der Waals surface area contributed by atoms with Gasteiger partial charge < -0.3 is 10.6 Å². The van der Waals surface area contributed by atoms with E-state index in [0.717, 1.165) is 0 Å². The van der Waals surface area contributed by atoms with Gasteiger partial charge in [-0.3, -0.25) is 9.59 Å². The fourth-order valence-corrected chi connectivity index (χ4v) is 3.73. The van der Waals surface area contributed by atoms with Crippen LogP contribution < -0.4 is 10.6 Å². The number of carbonyl (C=O) groups excluding carboxylic acids is 2. The summed E-state index contributed by atoms with van der Waals surface area (Å²) in [6.45, 7) is 1.42. The van der Waals surface area contributed by atoms with Crippen molar-refractivity contribution in [3.63, 3.8) is 0 Å². The van der Waals surface area contributed by atoms with Crippen molar-refractivity contribution in [3.8, 4) is 0 Å². The molecule has 1 aliphatic heterocycles. The summed E-state index contributed by atoms with van der Waals surface area (Å²) in [6, 6.07) is 6.79. The van der Waals surface area contributed by atoms with E-state index in [2.05, 4.69) is 10.6 Å². The summed E-state index contributed by atoms with van der Waals surface area (Å²) in [6.07, 6.45) is 0.746. The standard InChI is InChI=1S/C14H18N2O4S/c1-10(17)15-12-2-4-13(5-3-12)16-14(18)11-6-8-21(19,20)9-7-11/h2-5,11H,6-9H2,1H3,(H,15,17)(H,16,18). The first-order valence-corrected chi connectivity index (χ1v) is 8.57. The molecule has 2 rings (SSSR count). The highest BCUT2D eigenvalue weighted by Gasteiger charge is 2.28. The molecule has 1 heterocycles. The van der Waals surface area contributed by atoms with Crippen LogP contribution in [0.15, 0.2) is 24.3 Å². The van der Waals surface area contributed by atoms with Crippen LogP contribution in [-0.2, 0) is 19.4 Å². The third kappa shape index (κ3) is 4.56. The molecule has 0 saturated carbocycles. The zero-order valence-electron chi connectivity index (χ0n) is 11.8. The average Bonchev–Trinajstić information content (AvgIpc) is 2.40. The van der Waals surface area contributed by atoms with Crippen molar-refractivity contribution in [2.45, 2.75) is 19.8 Å². The molecule has 0 unspecified atom stereocenters. The molecular weight excluding hydrogens is 292 g/mol. The number of benzene rings is 1. The molecule has 0 spiro atoms. The van der Waals surface area contributed by atoms with Gasteiger partial charge in [-0.1, -0.05) is 0 Å². The third-order valence-corrected chi connectivity index (χ3v) is 5.11. The van der Waals surface area contributed by atoms with E-state index >= 15 is 0 Å². The molecule has 0 bridgehead atoms. The number of amides is 2. The lowest BCUT2D eigenvalue weighted by Gasteiger charge is -2.21. The number of hydrogen-bond donors (Lipinski definition) is 2. The molecule has 1 aromatic rings. The fraction of sp³-hybridized carbons (Fsp3) is 0.429. The van der Waals surface area contributed by atoms with Crippen molar-refractivity contribution >= 4 is 33.0 Å². The van der Waals surface area contributed by atoms with E-state index in [1.807, 2.05) is 0 Å². The van der Waals surface area contributed by atoms with Crippen LogP contribution in [0.3, 0.4) is 0 Å². The molecule has 0 aromatic heterocycles. The molecular formula is C14H18N2O4S. The Morgan fingerprint density at radius 1 is 1.00 bits per heavy atom. The minimum absolute atomic E-state index is 0.0759. The highest BCUT2D eigenvalue weighted by atomic mass is 32.2.